The summed E-state index contributed by atoms with van der Waals surface area (Å²) in [5.74, 6) is -0.200. The summed E-state index contributed by atoms with van der Waals surface area (Å²) >= 11 is 0. The smallest absolute Gasteiger partial charge is 0.311 e. The van der Waals surface area contributed by atoms with Crippen molar-refractivity contribution < 1.29 is 14.5 Å². The van der Waals surface area contributed by atoms with Crippen LogP contribution >= 0.6 is 0 Å². The Balaban J connectivity index is 1.89. The van der Waals surface area contributed by atoms with E-state index in [1.807, 2.05) is 49.7 Å². The lowest BCUT2D eigenvalue weighted by Gasteiger charge is -2.18. The Hall–Kier alpha value is -3.68. The van der Waals surface area contributed by atoms with Crippen LogP contribution in [-0.2, 0) is 6.54 Å². The number of nitro benzene ring substituents is 1. The molecule has 0 bridgehead atoms. The number of rotatable bonds is 6. The topological polar surface area (TPSA) is 90.5 Å². The van der Waals surface area contributed by atoms with Gasteiger partial charge >= 0.3 is 5.69 Å². The van der Waals surface area contributed by atoms with Crippen molar-refractivity contribution >= 4 is 11.6 Å². The highest BCUT2D eigenvalue weighted by atomic mass is 16.6. The number of hydrogen-bond acceptors (Lipinski definition) is 5. The number of methoxy groups -OCH3 is 1. The van der Waals surface area contributed by atoms with E-state index in [2.05, 4.69) is 5.10 Å². The highest BCUT2D eigenvalue weighted by Crippen LogP contribution is 2.28. The standard InChI is InChI=1S/C22H24N4O4/c1-14-8-6-7-9-19(14)25-16(3)18(15(2)23-25)13-24(4)22(27)17-10-11-21(30-5)20(12-17)26(28)29/h6-12H,13H2,1-5H3. The van der Waals surface area contributed by atoms with E-state index in [0.717, 1.165) is 28.2 Å². The molecule has 0 aliphatic heterocycles. The van der Waals surface area contributed by atoms with Gasteiger partial charge in [0.15, 0.2) is 5.75 Å². The van der Waals surface area contributed by atoms with E-state index in [9.17, 15) is 14.9 Å². The van der Waals surface area contributed by atoms with Crippen LogP contribution in [0.15, 0.2) is 42.5 Å². The van der Waals surface area contributed by atoms with Gasteiger partial charge in [-0.2, -0.15) is 5.10 Å². The summed E-state index contributed by atoms with van der Waals surface area (Å²) in [4.78, 5) is 25.1. The van der Waals surface area contributed by atoms with Crippen LogP contribution in [0.4, 0.5) is 5.69 Å². The number of nitrogens with zero attached hydrogens (tertiary/aromatic N) is 4. The summed E-state index contributed by atoms with van der Waals surface area (Å²) < 4.78 is 6.89. The van der Waals surface area contributed by atoms with Crippen LogP contribution in [0.3, 0.4) is 0 Å². The fraction of sp³-hybridized carbons (Fsp3) is 0.273. The molecule has 3 aromatic rings. The maximum absolute atomic E-state index is 12.9. The fourth-order valence-corrected chi connectivity index (χ4v) is 3.43. The quantitative estimate of drug-likeness (QED) is 0.454. The number of carbonyl (C=O) groups excluding carboxylic acids is 1. The van der Waals surface area contributed by atoms with Crippen molar-refractivity contribution in [3.8, 4) is 11.4 Å². The zero-order valence-electron chi connectivity index (χ0n) is 17.7. The number of aryl methyl sites for hydroxylation is 2. The number of ether oxygens (including phenoxy) is 1. The van der Waals surface area contributed by atoms with Crippen molar-refractivity contribution in [2.75, 3.05) is 14.2 Å². The molecule has 1 aromatic heterocycles. The van der Waals surface area contributed by atoms with Crippen LogP contribution < -0.4 is 4.74 Å². The Morgan fingerprint density at radius 3 is 2.53 bits per heavy atom. The SMILES string of the molecule is COc1ccc(C(=O)N(C)Cc2c(C)nn(-c3ccccc3C)c2C)cc1[N+](=O)[O-]. The van der Waals surface area contributed by atoms with Gasteiger partial charge in [-0.25, -0.2) is 4.68 Å². The minimum absolute atomic E-state index is 0.116. The van der Waals surface area contributed by atoms with Crippen LogP contribution in [0.1, 0.15) is 32.9 Å². The normalized spacial score (nSPS) is 10.7. The molecule has 30 heavy (non-hydrogen) atoms. The van der Waals surface area contributed by atoms with Gasteiger partial charge in [-0.3, -0.25) is 14.9 Å². The molecule has 0 fully saturated rings. The first kappa shape index (κ1) is 21.0. The third-order valence-corrected chi connectivity index (χ3v) is 5.15. The predicted molar refractivity (Wildman–Crippen MR) is 113 cm³/mol. The molecule has 0 aliphatic rings. The van der Waals surface area contributed by atoms with Crippen LogP contribution in [0, 0.1) is 30.9 Å². The molecule has 0 saturated carbocycles. The molecule has 8 nitrogen and oxygen atoms in total. The molecule has 0 unspecified atom stereocenters. The molecule has 0 N–H and O–H groups in total. The van der Waals surface area contributed by atoms with E-state index in [0.29, 0.717) is 6.54 Å². The van der Waals surface area contributed by atoms with Crippen molar-refractivity contribution in [1.82, 2.24) is 14.7 Å². The molecule has 0 radical (unpaired) electrons. The minimum atomic E-state index is -0.559. The molecule has 0 saturated heterocycles. The number of nitro groups is 1. The molecule has 1 amide bonds. The fourth-order valence-electron chi connectivity index (χ4n) is 3.43. The van der Waals surface area contributed by atoms with Crippen LogP contribution in [0.2, 0.25) is 0 Å². The van der Waals surface area contributed by atoms with Crippen molar-refractivity contribution in [1.29, 1.82) is 0 Å². The van der Waals surface area contributed by atoms with Gasteiger partial charge in [0.05, 0.1) is 23.4 Å². The number of hydrogen-bond donors (Lipinski definition) is 0. The van der Waals surface area contributed by atoms with Gasteiger partial charge in [0.2, 0.25) is 0 Å². The van der Waals surface area contributed by atoms with Crippen LogP contribution in [0.5, 0.6) is 5.75 Å². The van der Waals surface area contributed by atoms with E-state index < -0.39 is 4.92 Å². The van der Waals surface area contributed by atoms with Crippen LogP contribution in [-0.4, -0.2) is 39.7 Å². The Morgan fingerprint density at radius 1 is 1.20 bits per heavy atom. The molecule has 0 spiro atoms. The number of aromatic nitrogens is 2. The van der Waals surface area contributed by atoms with E-state index in [4.69, 9.17) is 4.74 Å². The average Bonchev–Trinajstić information content (AvgIpc) is 3.01. The van der Waals surface area contributed by atoms with Gasteiger partial charge in [0, 0.05) is 36.5 Å². The predicted octanol–water partition coefficient (Wildman–Crippen LogP) is 3.99. The van der Waals surface area contributed by atoms with E-state index >= 15 is 0 Å². The molecule has 0 aliphatic carbocycles. The first-order valence-electron chi connectivity index (χ1n) is 9.43. The highest BCUT2D eigenvalue weighted by Gasteiger charge is 2.22. The molecule has 2 aromatic carbocycles. The highest BCUT2D eigenvalue weighted by molar-refractivity contribution is 5.95. The van der Waals surface area contributed by atoms with E-state index in [-0.39, 0.29) is 22.9 Å². The largest absolute Gasteiger partial charge is 0.490 e. The second kappa shape index (κ2) is 8.36. The Morgan fingerprint density at radius 2 is 1.90 bits per heavy atom. The molecule has 0 atom stereocenters. The third kappa shape index (κ3) is 3.89. The van der Waals surface area contributed by atoms with Crippen molar-refractivity contribution in [3.63, 3.8) is 0 Å². The minimum Gasteiger partial charge on any atom is -0.490 e. The molecular formula is C22H24N4O4. The first-order valence-corrected chi connectivity index (χ1v) is 9.43. The van der Waals surface area contributed by atoms with Gasteiger partial charge in [-0.05, 0) is 44.5 Å². The summed E-state index contributed by atoms with van der Waals surface area (Å²) in [6.07, 6.45) is 0. The zero-order valence-corrected chi connectivity index (χ0v) is 17.7. The molecule has 8 heteroatoms. The van der Waals surface area contributed by atoms with Gasteiger partial charge in [0.1, 0.15) is 0 Å². The van der Waals surface area contributed by atoms with Crippen molar-refractivity contribution in [3.05, 3.63) is 80.7 Å². The maximum atomic E-state index is 12.9. The van der Waals surface area contributed by atoms with Gasteiger partial charge in [-0.1, -0.05) is 18.2 Å². The number of carbonyl (C=O) groups is 1. The lowest BCUT2D eigenvalue weighted by molar-refractivity contribution is -0.385. The van der Waals surface area contributed by atoms with Crippen molar-refractivity contribution in [2.24, 2.45) is 0 Å². The molecular weight excluding hydrogens is 384 g/mol. The summed E-state index contributed by atoms with van der Waals surface area (Å²) in [6.45, 7) is 6.24. The maximum Gasteiger partial charge on any atom is 0.311 e. The lowest BCUT2D eigenvalue weighted by atomic mass is 10.1. The first-order chi connectivity index (χ1) is 14.2. The van der Waals surface area contributed by atoms with Crippen molar-refractivity contribution in [2.45, 2.75) is 27.3 Å². The van der Waals surface area contributed by atoms with Crippen LogP contribution in [0.25, 0.3) is 5.69 Å². The lowest BCUT2D eigenvalue weighted by Crippen LogP contribution is -2.26. The van der Waals surface area contributed by atoms with Gasteiger partial charge in [-0.15, -0.1) is 0 Å². The molecule has 1 heterocycles. The molecule has 156 valence electrons. The van der Waals surface area contributed by atoms with E-state index in [1.54, 1.807) is 7.05 Å². The average molecular weight is 408 g/mol. The molecule has 3 rings (SSSR count). The second-order valence-corrected chi connectivity index (χ2v) is 7.15. The van der Waals surface area contributed by atoms with Gasteiger partial charge in [0.25, 0.3) is 5.91 Å². The summed E-state index contributed by atoms with van der Waals surface area (Å²) in [7, 11) is 3.02. The summed E-state index contributed by atoms with van der Waals surface area (Å²) in [6, 6.07) is 12.2. The van der Waals surface area contributed by atoms with Gasteiger partial charge < -0.3 is 9.64 Å². The third-order valence-electron chi connectivity index (χ3n) is 5.15. The Bertz CT molecular complexity index is 1120. The second-order valence-electron chi connectivity index (χ2n) is 7.15. The number of para-hydroxylation sites is 1. The Kier molecular flexibility index (Phi) is 5.86. The zero-order chi connectivity index (χ0) is 22.0. The number of benzene rings is 2. The van der Waals surface area contributed by atoms with E-state index in [1.165, 1.54) is 30.2 Å². The Labute approximate surface area is 174 Å². The monoisotopic (exact) mass is 408 g/mol. The summed E-state index contributed by atoms with van der Waals surface area (Å²) in [5, 5.41) is 15.9. The summed E-state index contributed by atoms with van der Waals surface area (Å²) in [5.41, 5.74) is 4.80. The number of amides is 1.